The van der Waals surface area contributed by atoms with Crippen LogP contribution in [0.4, 0.5) is 0 Å². The van der Waals surface area contributed by atoms with Gasteiger partial charge in [-0.3, -0.25) is 0 Å². The highest BCUT2D eigenvalue weighted by Crippen LogP contribution is 2.42. The Bertz CT molecular complexity index is 276. The molecule has 1 aliphatic carbocycles. The SMILES string of the molecule is OC(CC1OCCO1)C1CCOC2(CCCCC2)C1. The Labute approximate surface area is 115 Å². The minimum Gasteiger partial charge on any atom is -0.393 e. The molecule has 0 radical (unpaired) electrons. The Hall–Kier alpha value is -0.160. The normalized spacial score (nSPS) is 33.6. The lowest BCUT2D eigenvalue weighted by Gasteiger charge is -2.44. The second-order valence-corrected chi connectivity index (χ2v) is 6.32. The maximum atomic E-state index is 10.4. The summed E-state index contributed by atoms with van der Waals surface area (Å²) in [6, 6.07) is 0. The van der Waals surface area contributed by atoms with E-state index in [4.69, 9.17) is 14.2 Å². The first-order chi connectivity index (χ1) is 9.27. The van der Waals surface area contributed by atoms with Crippen LogP contribution in [0.15, 0.2) is 0 Å². The molecule has 2 saturated heterocycles. The van der Waals surface area contributed by atoms with E-state index in [0.29, 0.717) is 25.6 Å². The van der Waals surface area contributed by atoms with Crippen molar-refractivity contribution in [2.45, 2.75) is 69.4 Å². The molecule has 3 fully saturated rings. The molecule has 3 rings (SSSR count). The van der Waals surface area contributed by atoms with Gasteiger partial charge in [-0.2, -0.15) is 0 Å². The van der Waals surface area contributed by atoms with Crippen LogP contribution in [-0.2, 0) is 14.2 Å². The van der Waals surface area contributed by atoms with Crippen LogP contribution in [0.1, 0.15) is 51.4 Å². The topological polar surface area (TPSA) is 47.9 Å². The monoisotopic (exact) mass is 270 g/mol. The van der Waals surface area contributed by atoms with Gasteiger partial charge in [0.2, 0.25) is 0 Å². The van der Waals surface area contributed by atoms with Gasteiger partial charge in [0.05, 0.1) is 24.9 Å². The molecule has 2 aliphatic heterocycles. The van der Waals surface area contributed by atoms with Crippen LogP contribution in [0.3, 0.4) is 0 Å². The molecule has 2 atom stereocenters. The molecule has 0 aromatic rings. The van der Waals surface area contributed by atoms with Crippen molar-refractivity contribution in [3.05, 3.63) is 0 Å². The lowest BCUT2D eigenvalue weighted by molar-refractivity contribution is -0.145. The first-order valence-electron chi connectivity index (χ1n) is 7.83. The number of hydrogen-bond acceptors (Lipinski definition) is 4. The van der Waals surface area contributed by atoms with Crippen molar-refractivity contribution in [3.8, 4) is 0 Å². The molecule has 4 heteroatoms. The third-order valence-electron chi connectivity index (χ3n) is 4.96. The molecule has 3 aliphatic rings. The Morgan fingerprint density at radius 3 is 2.53 bits per heavy atom. The van der Waals surface area contributed by atoms with Crippen molar-refractivity contribution < 1.29 is 19.3 Å². The van der Waals surface area contributed by atoms with Gasteiger partial charge in [-0.05, 0) is 31.6 Å². The van der Waals surface area contributed by atoms with E-state index in [1.807, 2.05) is 0 Å². The minimum absolute atomic E-state index is 0.0690. The van der Waals surface area contributed by atoms with E-state index in [0.717, 1.165) is 19.4 Å². The largest absolute Gasteiger partial charge is 0.393 e. The number of ether oxygens (including phenoxy) is 3. The van der Waals surface area contributed by atoms with Crippen LogP contribution >= 0.6 is 0 Å². The Balaban J connectivity index is 1.54. The molecular weight excluding hydrogens is 244 g/mol. The Morgan fingerprint density at radius 2 is 1.79 bits per heavy atom. The first-order valence-corrected chi connectivity index (χ1v) is 7.83. The van der Waals surface area contributed by atoms with Crippen molar-refractivity contribution in [2.75, 3.05) is 19.8 Å². The highest BCUT2D eigenvalue weighted by Gasteiger charge is 2.41. The number of rotatable bonds is 3. The summed E-state index contributed by atoms with van der Waals surface area (Å²) in [4.78, 5) is 0. The summed E-state index contributed by atoms with van der Waals surface area (Å²) in [6.45, 7) is 2.12. The molecule has 0 aromatic carbocycles. The quantitative estimate of drug-likeness (QED) is 0.854. The van der Waals surface area contributed by atoms with Crippen molar-refractivity contribution >= 4 is 0 Å². The van der Waals surface area contributed by atoms with Crippen LogP contribution in [-0.4, -0.2) is 42.9 Å². The van der Waals surface area contributed by atoms with Gasteiger partial charge >= 0.3 is 0 Å². The van der Waals surface area contributed by atoms with Crippen molar-refractivity contribution in [2.24, 2.45) is 5.92 Å². The maximum absolute atomic E-state index is 10.4. The third-order valence-corrected chi connectivity index (χ3v) is 4.96. The van der Waals surface area contributed by atoms with Gasteiger partial charge in [0, 0.05) is 13.0 Å². The number of aliphatic hydroxyl groups excluding tert-OH is 1. The smallest absolute Gasteiger partial charge is 0.160 e. The first kappa shape index (κ1) is 13.8. The van der Waals surface area contributed by atoms with Gasteiger partial charge < -0.3 is 19.3 Å². The van der Waals surface area contributed by atoms with Crippen molar-refractivity contribution in [1.82, 2.24) is 0 Å². The number of aliphatic hydroxyl groups is 1. The average Bonchev–Trinajstić information content (AvgIpc) is 2.92. The second kappa shape index (κ2) is 6.08. The van der Waals surface area contributed by atoms with Crippen molar-refractivity contribution in [3.63, 3.8) is 0 Å². The van der Waals surface area contributed by atoms with Gasteiger partial charge in [-0.25, -0.2) is 0 Å². The lowest BCUT2D eigenvalue weighted by Crippen LogP contribution is -2.44. The fraction of sp³-hybridized carbons (Fsp3) is 1.00. The van der Waals surface area contributed by atoms with E-state index in [1.54, 1.807) is 0 Å². The molecule has 110 valence electrons. The average molecular weight is 270 g/mol. The van der Waals surface area contributed by atoms with Crippen LogP contribution in [0.25, 0.3) is 0 Å². The van der Waals surface area contributed by atoms with E-state index in [2.05, 4.69) is 0 Å². The van der Waals surface area contributed by atoms with Gasteiger partial charge in [0.1, 0.15) is 0 Å². The molecule has 0 aromatic heterocycles. The van der Waals surface area contributed by atoms with Crippen molar-refractivity contribution in [1.29, 1.82) is 0 Å². The summed E-state index contributed by atoms with van der Waals surface area (Å²) in [5, 5.41) is 10.4. The molecule has 1 N–H and O–H groups in total. The van der Waals surface area contributed by atoms with Gasteiger partial charge in [-0.15, -0.1) is 0 Å². The standard InChI is InChI=1S/C15H26O4/c16-13(10-14-17-8-9-18-14)12-4-7-19-15(11-12)5-2-1-3-6-15/h12-14,16H,1-11H2. The van der Waals surface area contributed by atoms with E-state index in [1.165, 1.54) is 32.1 Å². The summed E-state index contributed by atoms with van der Waals surface area (Å²) >= 11 is 0. The van der Waals surface area contributed by atoms with Gasteiger partial charge in [0.25, 0.3) is 0 Å². The minimum atomic E-state index is -0.314. The second-order valence-electron chi connectivity index (χ2n) is 6.32. The molecule has 2 unspecified atom stereocenters. The van der Waals surface area contributed by atoms with E-state index in [-0.39, 0.29) is 18.0 Å². The van der Waals surface area contributed by atoms with Gasteiger partial charge in [0.15, 0.2) is 6.29 Å². The van der Waals surface area contributed by atoms with E-state index in [9.17, 15) is 5.11 Å². The fourth-order valence-electron chi connectivity index (χ4n) is 3.87. The zero-order valence-electron chi connectivity index (χ0n) is 11.7. The number of hydrogen-bond donors (Lipinski definition) is 1. The maximum Gasteiger partial charge on any atom is 0.160 e. The van der Waals surface area contributed by atoms with E-state index >= 15 is 0 Å². The molecule has 4 nitrogen and oxygen atoms in total. The lowest BCUT2D eigenvalue weighted by atomic mass is 9.74. The van der Waals surface area contributed by atoms with Crippen LogP contribution in [0, 0.1) is 5.92 Å². The van der Waals surface area contributed by atoms with Gasteiger partial charge in [-0.1, -0.05) is 19.3 Å². The van der Waals surface area contributed by atoms with Crippen LogP contribution in [0.5, 0.6) is 0 Å². The molecular formula is C15H26O4. The summed E-state index contributed by atoms with van der Waals surface area (Å²) in [5.41, 5.74) is 0.0690. The zero-order valence-corrected chi connectivity index (χ0v) is 11.7. The predicted molar refractivity (Wildman–Crippen MR) is 70.8 cm³/mol. The van der Waals surface area contributed by atoms with E-state index < -0.39 is 0 Å². The third kappa shape index (κ3) is 3.30. The van der Waals surface area contributed by atoms with Crippen LogP contribution < -0.4 is 0 Å². The Morgan fingerprint density at radius 1 is 1.05 bits per heavy atom. The fourth-order valence-corrected chi connectivity index (χ4v) is 3.87. The highest BCUT2D eigenvalue weighted by atomic mass is 16.7. The zero-order chi connectivity index (χ0) is 13.1. The molecule has 2 heterocycles. The summed E-state index contributed by atoms with van der Waals surface area (Å²) in [6.07, 6.45) is 8.32. The Kier molecular flexibility index (Phi) is 4.42. The molecule has 1 saturated carbocycles. The summed E-state index contributed by atoms with van der Waals surface area (Å²) < 4.78 is 17.0. The molecule has 19 heavy (non-hydrogen) atoms. The van der Waals surface area contributed by atoms with Crippen LogP contribution in [0.2, 0.25) is 0 Å². The predicted octanol–water partition coefficient (Wildman–Crippen LogP) is 2.24. The molecule has 1 spiro atoms. The molecule has 0 bridgehead atoms. The summed E-state index contributed by atoms with van der Waals surface area (Å²) in [5.74, 6) is 0.347. The summed E-state index contributed by atoms with van der Waals surface area (Å²) in [7, 11) is 0. The highest BCUT2D eigenvalue weighted by molar-refractivity contribution is 4.91. The molecule has 0 amide bonds.